The van der Waals surface area contributed by atoms with Crippen LogP contribution >= 0.6 is 11.3 Å². The molecule has 0 saturated heterocycles. The van der Waals surface area contributed by atoms with Crippen LogP contribution in [0.3, 0.4) is 0 Å². The number of aromatic nitrogens is 1. The van der Waals surface area contributed by atoms with Crippen molar-refractivity contribution < 1.29 is 26.2 Å². The van der Waals surface area contributed by atoms with Crippen LogP contribution in [0.15, 0.2) is 78.2 Å². The molecule has 0 aliphatic rings. The summed E-state index contributed by atoms with van der Waals surface area (Å²) in [6.07, 6.45) is 2.01. The molecule has 0 aliphatic heterocycles. The van der Waals surface area contributed by atoms with Crippen molar-refractivity contribution in [3.05, 3.63) is 127 Å². The molecule has 3 aromatic carbocycles. The number of thiazole rings is 1. The second-order valence-electron chi connectivity index (χ2n) is 9.77. The van der Waals surface area contributed by atoms with Crippen molar-refractivity contribution in [1.29, 1.82) is 0 Å². The van der Waals surface area contributed by atoms with E-state index in [2.05, 4.69) is 122 Å². The molecule has 0 spiro atoms. The van der Waals surface area contributed by atoms with E-state index in [0.29, 0.717) is 5.92 Å². The summed E-state index contributed by atoms with van der Waals surface area (Å²) in [4.78, 5) is 5.06. The largest absolute Gasteiger partial charge is 4.00 e. The number of rotatable bonds is 8. The number of nitrogens with zero attached hydrogens (tertiary/aromatic N) is 5. The van der Waals surface area contributed by atoms with Crippen LogP contribution in [0.5, 0.6) is 0 Å². The second-order valence-corrected chi connectivity index (χ2v) is 10.7. The number of hydrogen-bond acceptors (Lipinski definition) is 2. The van der Waals surface area contributed by atoms with Gasteiger partial charge in [0.15, 0.2) is 0 Å². The van der Waals surface area contributed by atoms with Gasteiger partial charge in [-0.2, -0.15) is 42.3 Å². The zero-order valence-corrected chi connectivity index (χ0v) is 32.5. The van der Waals surface area contributed by atoms with Crippen molar-refractivity contribution >= 4 is 17.0 Å². The maximum Gasteiger partial charge on any atom is 4.00 e. The maximum absolute atomic E-state index is 5.37. The number of aryl methyl sites for hydroxylation is 2. The van der Waals surface area contributed by atoms with Gasteiger partial charge in [-0.25, -0.2) is 4.98 Å². The van der Waals surface area contributed by atoms with E-state index in [1.807, 2.05) is 13.8 Å². The van der Waals surface area contributed by atoms with Crippen LogP contribution in [0, 0.1) is 0 Å². The molecule has 7 heteroatoms. The Bertz CT molecular complexity index is 1210. The third-order valence-electron chi connectivity index (χ3n) is 5.94. The van der Waals surface area contributed by atoms with Gasteiger partial charge in [-0.05, 0) is 30.4 Å². The van der Waals surface area contributed by atoms with Gasteiger partial charge in [0.25, 0.3) is 0 Å². The van der Waals surface area contributed by atoms with Crippen molar-refractivity contribution in [2.75, 3.05) is 42.3 Å². The fourth-order valence-corrected chi connectivity index (χ4v) is 4.90. The topological polar surface area (TPSA) is 69.3 Å². The first-order valence-electron chi connectivity index (χ1n) is 15.2. The summed E-state index contributed by atoms with van der Waals surface area (Å²) in [6, 6.07) is 25.8. The first-order chi connectivity index (χ1) is 20.8. The quantitative estimate of drug-likeness (QED) is 0.181. The molecule has 0 N–H and O–H groups in total. The molecule has 0 aliphatic carbocycles. The van der Waals surface area contributed by atoms with Gasteiger partial charge in [-0.1, -0.05) is 131 Å². The molecule has 4 rings (SSSR count). The van der Waals surface area contributed by atoms with E-state index in [0.717, 1.165) is 34.8 Å². The monoisotopic (exact) mass is 691 g/mol. The van der Waals surface area contributed by atoms with E-state index >= 15 is 0 Å². The van der Waals surface area contributed by atoms with E-state index < -0.39 is 0 Å². The van der Waals surface area contributed by atoms with Gasteiger partial charge in [0, 0.05) is 10.9 Å². The molecular formula is C37H55N5SZr. The molecule has 0 bridgehead atoms. The fraction of sp³-hybridized carbons (Fsp3) is 0.432. The second kappa shape index (κ2) is 27.2. The summed E-state index contributed by atoms with van der Waals surface area (Å²) < 4.78 is 0. The summed E-state index contributed by atoms with van der Waals surface area (Å²) in [6.45, 7) is 12.9. The molecule has 1 aromatic heterocycles. The molecule has 0 amide bonds. The Morgan fingerprint density at radius 3 is 1.73 bits per heavy atom. The molecule has 238 valence electrons. The molecule has 0 fully saturated rings. The van der Waals surface area contributed by atoms with Crippen molar-refractivity contribution in [3.63, 3.8) is 0 Å². The number of hydrogen-bond donors (Lipinski definition) is 0. The standard InChI is InChI=1S/C29H31N2S.3C2H6N.C2H6.Zr/c1-5-21-15-17-23(18-16-21)26-19-32-29(30-26)28(24-11-8-7-9-12-24)31-27-22(6-2)13-10-14-25(27)20(3)4;3*1-3-2;1-2;/h7-20,28H,5-6H2,1-4H3;3*1-2H3;1-2H3;/q4*-1;;+4. The smallest absolute Gasteiger partial charge is 0.672 e. The fourth-order valence-electron chi connectivity index (χ4n) is 4.01. The van der Waals surface area contributed by atoms with Crippen molar-refractivity contribution in [1.82, 2.24) is 4.98 Å². The normalized spacial score (nSPS) is 10.2. The van der Waals surface area contributed by atoms with E-state index in [1.165, 1.54) is 22.3 Å². The minimum Gasteiger partial charge on any atom is -0.672 e. The molecule has 1 atom stereocenters. The molecule has 1 unspecified atom stereocenters. The molecule has 1 heterocycles. The molecule has 0 radical (unpaired) electrons. The third-order valence-corrected chi connectivity index (χ3v) is 6.84. The Morgan fingerprint density at radius 1 is 0.705 bits per heavy atom. The van der Waals surface area contributed by atoms with Crippen LogP contribution in [-0.4, -0.2) is 47.3 Å². The number of benzene rings is 3. The summed E-state index contributed by atoms with van der Waals surface area (Å²) in [7, 11) is 10.5. The van der Waals surface area contributed by atoms with E-state index in [-0.39, 0.29) is 32.2 Å². The van der Waals surface area contributed by atoms with Crippen molar-refractivity contribution in [2.24, 2.45) is 0 Å². The van der Waals surface area contributed by atoms with Gasteiger partial charge in [-0.3, -0.25) is 0 Å². The van der Waals surface area contributed by atoms with Gasteiger partial charge in [-0.15, -0.1) is 17.0 Å². The minimum atomic E-state index is -0.116. The Balaban J connectivity index is 0. The molecule has 4 aromatic rings. The predicted octanol–water partition coefficient (Wildman–Crippen LogP) is 11.7. The Labute approximate surface area is 293 Å². The van der Waals surface area contributed by atoms with Gasteiger partial charge in [0.2, 0.25) is 0 Å². The van der Waals surface area contributed by atoms with Crippen LogP contribution in [0.1, 0.15) is 80.8 Å². The first-order valence-corrected chi connectivity index (χ1v) is 16.1. The SMILES string of the molecule is CC.CCc1ccc(-c2csc(C([N-]c3c(CC)cccc3C(C)C)c3ccccc3)n2)cc1.C[N-]C.C[N-]C.C[N-]C.[Zr+4]. The van der Waals surface area contributed by atoms with Crippen molar-refractivity contribution in [2.45, 2.75) is 66.3 Å². The van der Waals surface area contributed by atoms with Gasteiger partial charge < -0.3 is 21.3 Å². The van der Waals surface area contributed by atoms with Crippen LogP contribution < -0.4 is 0 Å². The van der Waals surface area contributed by atoms with E-state index in [1.54, 1.807) is 53.6 Å². The van der Waals surface area contributed by atoms with Gasteiger partial charge in [0.05, 0.1) is 10.7 Å². The minimum absolute atomic E-state index is 0. The summed E-state index contributed by atoms with van der Waals surface area (Å²) in [5.74, 6) is 0.417. The zero-order chi connectivity index (χ0) is 32.6. The summed E-state index contributed by atoms with van der Waals surface area (Å²) in [5.41, 5.74) is 8.43. The first kappa shape index (κ1) is 44.0. The summed E-state index contributed by atoms with van der Waals surface area (Å²) >= 11 is 1.70. The Hall–Kier alpha value is -2.15. The van der Waals surface area contributed by atoms with Gasteiger partial charge in [0.1, 0.15) is 0 Å². The molecule has 5 nitrogen and oxygen atoms in total. The average molecular weight is 693 g/mol. The van der Waals surface area contributed by atoms with E-state index in [9.17, 15) is 0 Å². The molecule has 44 heavy (non-hydrogen) atoms. The van der Waals surface area contributed by atoms with Crippen LogP contribution in [0.4, 0.5) is 5.69 Å². The summed E-state index contributed by atoms with van der Waals surface area (Å²) in [5, 5.41) is 19.1. The van der Waals surface area contributed by atoms with E-state index in [4.69, 9.17) is 10.3 Å². The predicted molar refractivity (Wildman–Crippen MR) is 195 cm³/mol. The maximum atomic E-state index is 5.37. The average Bonchev–Trinajstić information content (AvgIpc) is 3.52. The zero-order valence-electron chi connectivity index (χ0n) is 29.2. The third kappa shape index (κ3) is 15.2. The van der Waals surface area contributed by atoms with Crippen molar-refractivity contribution in [3.8, 4) is 11.3 Å². The van der Waals surface area contributed by atoms with Crippen LogP contribution in [0.25, 0.3) is 32.5 Å². The molecular weight excluding hydrogens is 638 g/mol. The molecule has 0 saturated carbocycles. The Morgan fingerprint density at radius 2 is 1.25 bits per heavy atom. The van der Waals surface area contributed by atoms with Crippen LogP contribution in [0.2, 0.25) is 0 Å². The number of para-hydroxylation sites is 1. The Kier molecular flexibility index (Phi) is 27.2. The van der Waals surface area contributed by atoms with Gasteiger partial charge >= 0.3 is 26.2 Å². The van der Waals surface area contributed by atoms with Crippen LogP contribution in [-0.2, 0) is 39.0 Å².